The van der Waals surface area contributed by atoms with Crippen LogP contribution >= 0.6 is 0 Å². The van der Waals surface area contributed by atoms with Crippen molar-refractivity contribution in [3.8, 4) is 44.8 Å². The summed E-state index contributed by atoms with van der Waals surface area (Å²) in [5, 5.41) is 5.13. The fourth-order valence-electron chi connectivity index (χ4n) is 11.1. The van der Waals surface area contributed by atoms with Crippen LogP contribution < -0.4 is 0 Å². The Kier molecular flexibility index (Phi) is 7.27. The Morgan fingerprint density at radius 1 is 0.377 bits per heavy atom. The van der Waals surface area contributed by atoms with E-state index in [9.17, 15) is 0 Å². The van der Waals surface area contributed by atoms with E-state index in [0.29, 0.717) is 0 Å². The van der Waals surface area contributed by atoms with Crippen LogP contribution in [0.15, 0.2) is 158 Å². The molecule has 0 fully saturated rings. The summed E-state index contributed by atoms with van der Waals surface area (Å²) in [7, 11) is 0. The molecule has 2 heteroatoms. The summed E-state index contributed by atoms with van der Waals surface area (Å²) in [4.78, 5) is 0. The summed E-state index contributed by atoms with van der Waals surface area (Å²) in [6, 6.07) is 60.5. The van der Waals surface area contributed by atoms with Crippen molar-refractivity contribution in [3.05, 3.63) is 191 Å². The molecule has 0 radical (unpaired) electrons. The number of benzene rings is 8. The molecule has 296 valence electrons. The molecule has 8 aromatic carbocycles. The summed E-state index contributed by atoms with van der Waals surface area (Å²) in [5.74, 6) is 0. The highest BCUT2D eigenvalue weighted by Gasteiger charge is 2.37. The average molecular weight is 787 g/mol. The number of hydrogen-bond donors (Lipinski definition) is 0. The second-order valence-corrected chi connectivity index (χ2v) is 19.9. The summed E-state index contributed by atoms with van der Waals surface area (Å²) in [6.45, 7) is 18.5. The molecule has 0 saturated heterocycles. The van der Waals surface area contributed by atoms with Crippen molar-refractivity contribution >= 4 is 43.6 Å². The molecule has 0 amide bonds. The minimum atomic E-state index is -0.0895. The Labute approximate surface area is 358 Å². The number of aromatic nitrogens is 2. The summed E-state index contributed by atoms with van der Waals surface area (Å²) >= 11 is 0. The van der Waals surface area contributed by atoms with Crippen LogP contribution in [-0.4, -0.2) is 9.13 Å². The largest absolute Gasteiger partial charge is 0.309 e. The Morgan fingerprint density at radius 2 is 0.787 bits per heavy atom. The molecular formula is C59H50N2. The van der Waals surface area contributed by atoms with E-state index in [1.54, 1.807) is 0 Å². The van der Waals surface area contributed by atoms with Gasteiger partial charge >= 0.3 is 0 Å². The minimum Gasteiger partial charge on any atom is -0.309 e. The first-order valence-corrected chi connectivity index (χ1v) is 21.9. The second kappa shape index (κ2) is 12.2. The lowest BCUT2D eigenvalue weighted by molar-refractivity contribution is 0.590. The van der Waals surface area contributed by atoms with E-state index in [1.165, 1.54) is 122 Å². The molecule has 0 unspecified atom stereocenters. The van der Waals surface area contributed by atoms with Gasteiger partial charge in [0.1, 0.15) is 0 Å². The standard InChI is InChI=1S/C59H50N2/c1-35-17-23-39(24-18-35)60-53-27-19-36(29-45(53)47-31-43-41-13-9-11-15-49(41)58(5,6)51(43)33-55(47)60)37-20-28-54-46(30-37)48-32-44-42-14-10-12-16-50(42)59(7,8)52(44)34-56(48)61(54)40-25-21-38(22-26-40)57(2,3)4/h9-34H,1-8H3. The van der Waals surface area contributed by atoms with Crippen LogP contribution in [-0.2, 0) is 16.2 Å². The zero-order valence-electron chi connectivity index (χ0n) is 36.4. The van der Waals surface area contributed by atoms with Gasteiger partial charge in [0.15, 0.2) is 0 Å². The normalized spacial score (nSPS) is 14.8. The van der Waals surface area contributed by atoms with Gasteiger partial charge in [-0.3, -0.25) is 0 Å². The molecule has 61 heavy (non-hydrogen) atoms. The van der Waals surface area contributed by atoms with Gasteiger partial charge in [-0.25, -0.2) is 0 Å². The lowest BCUT2D eigenvalue weighted by Crippen LogP contribution is -2.15. The lowest BCUT2D eigenvalue weighted by Gasteiger charge is -2.22. The maximum atomic E-state index is 2.50. The molecule has 0 spiro atoms. The Morgan fingerprint density at radius 3 is 1.23 bits per heavy atom. The van der Waals surface area contributed by atoms with Crippen LogP contribution in [0.3, 0.4) is 0 Å². The molecule has 0 saturated carbocycles. The molecule has 2 heterocycles. The van der Waals surface area contributed by atoms with Gasteiger partial charge in [0.2, 0.25) is 0 Å². The Balaban J connectivity index is 1.10. The quantitative estimate of drug-likeness (QED) is 0.169. The first-order valence-electron chi connectivity index (χ1n) is 21.9. The van der Waals surface area contributed by atoms with E-state index >= 15 is 0 Å². The first kappa shape index (κ1) is 36.2. The summed E-state index contributed by atoms with van der Waals surface area (Å²) < 4.78 is 4.98. The van der Waals surface area contributed by atoms with E-state index in [4.69, 9.17) is 0 Å². The van der Waals surface area contributed by atoms with Gasteiger partial charge in [0, 0.05) is 43.7 Å². The van der Waals surface area contributed by atoms with Gasteiger partial charge in [-0.15, -0.1) is 0 Å². The molecule has 12 rings (SSSR count). The maximum absolute atomic E-state index is 2.50. The van der Waals surface area contributed by atoms with Gasteiger partial charge in [0.05, 0.1) is 22.1 Å². The molecule has 0 bridgehead atoms. The Hall–Kier alpha value is -6.64. The van der Waals surface area contributed by atoms with Gasteiger partial charge < -0.3 is 9.13 Å². The molecule has 2 nitrogen and oxygen atoms in total. The summed E-state index contributed by atoms with van der Waals surface area (Å²) in [6.07, 6.45) is 0. The number of fused-ring (bicyclic) bond motifs is 12. The van der Waals surface area contributed by atoms with Crippen LogP contribution in [0.5, 0.6) is 0 Å². The van der Waals surface area contributed by atoms with E-state index in [1.807, 2.05) is 0 Å². The molecule has 0 N–H and O–H groups in total. The SMILES string of the molecule is Cc1ccc(-n2c3ccc(-c4ccc5c(c4)c4cc6c(cc4n5-c4ccc(C(C)(C)C)cc4)C(C)(C)c4ccccc4-6)cc3c3cc4c(cc32)C(C)(C)c2ccccc2-4)cc1. The van der Waals surface area contributed by atoms with E-state index in [2.05, 4.69) is 222 Å². The fourth-order valence-corrected chi connectivity index (χ4v) is 11.1. The van der Waals surface area contributed by atoms with Crippen molar-refractivity contribution < 1.29 is 0 Å². The third kappa shape index (κ3) is 5.03. The van der Waals surface area contributed by atoms with E-state index in [0.717, 1.165) is 0 Å². The molecular weight excluding hydrogens is 737 g/mol. The Bertz CT molecular complexity index is 3480. The van der Waals surface area contributed by atoms with Crippen molar-refractivity contribution in [2.45, 2.75) is 71.6 Å². The highest BCUT2D eigenvalue weighted by molar-refractivity contribution is 6.15. The topological polar surface area (TPSA) is 9.86 Å². The van der Waals surface area contributed by atoms with Gasteiger partial charge in [-0.2, -0.15) is 0 Å². The molecule has 0 aliphatic heterocycles. The van der Waals surface area contributed by atoms with Crippen molar-refractivity contribution in [1.29, 1.82) is 0 Å². The minimum absolute atomic E-state index is 0.0823. The zero-order chi connectivity index (χ0) is 41.7. The monoisotopic (exact) mass is 786 g/mol. The van der Waals surface area contributed by atoms with Crippen LogP contribution in [0.1, 0.15) is 81.8 Å². The lowest BCUT2D eigenvalue weighted by atomic mass is 9.82. The van der Waals surface area contributed by atoms with Crippen molar-refractivity contribution in [2.24, 2.45) is 0 Å². The number of aryl methyl sites for hydroxylation is 1. The summed E-state index contributed by atoms with van der Waals surface area (Å²) in [5.41, 5.74) is 23.3. The smallest absolute Gasteiger partial charge is 0.0544 e. The third-order valence-electron chi connectivity index (χ3n) is 14.6. The molecule has 2 aliphatic rings. The van der Waals surface area contributed by atoms with Crippen LogP contribution in [0, 0.1) is 6.92 Å². The maximum Gasteiger partial charge on any atom is 0.0544 e. The predicted molar refractivity (Wildman–Crippen MR) is 259 cm³/mol. The molecule has 10 aromatic rings. The predicted octanol–water partition coefficient (Wildman–Crippen LogP) is 15.8. The third-order valence-corrected chi connectivity index (χ3v) is 14.6. The van der Waals surface area contributed by atoms with E-state index in [-0.39, 0.29) is 16.2 Å². The van der Waals surface area contributed by atoms with Crippen molar-refractivity contribution in [2.75, 3.05) is 0 Å². The number of hydrogen-bond acceptors (Lipinski definition) is 0. The van der Waals surface area contributed by atoms with Gasteiger partial charge in [-0.05, 0) is 146 Å². The second-order valence-electron chi connectivity index (χ2n) is 19.9. The highest BCUT2D eigenvalue weighted by atomic mass is 15.0. The number of rotatable bonds is 3. The van der Waals surface area contributed by atoms with Gasteiger partial charge in [-0.1, -0.05) is 139 Å². The van der Waals surface area contributed by atoms with Crippen LogP contribution in [0.2, 0.25) is 0 Å². The molecule has 0 atom stereocenters. The fraction of sp³-hybridized carbons (Fsp3) is 0.186. The zero-order valence-corrected chi connectivity index (χ0v) is 36.4. The average Bonchev–Trinajstić information content (AvgIpc) is 3.90. The first-order chi connectivity index (χ1) is 29.3. The van der Waals surface area contributed by atoms with E-state index < -0.39 is 0 Å². The van der Waals surface area contributed by atoms with Gasteiger partial charge in [0.25, 0.3) is 0 Å². The van der Waals surface area contributed by atoms with Crippen molar-refractivity contribution in [1.82, 2.24) is 9.13 Å². The van der Waals surface area contributed by atoms with Crippen molar-refractivity contribution in [3.63, 3.8) is 0 Å². The van der Waals surface area contributed by atoms with Crippen LogP contribution in [0.4, 0.5) is 0 Å². The molecule has 2 aliphatic carbocycles. The van der Waals surface area contributed by atoms with Crippen LogP contribution in [0.25, 0.3) is 88.4 Å². The number of nitrogens with zero attached hydrogens (tertiary/aromatic N) is 2. The highest BCUT2D eigenvalue weighted by Crippen LogP contribution is 2.53. The molecule has 2 aromatic heterocycles.